The van der Waals surface area contributed by atoms with Crippen LogP contribution in [0.3, 0.4) is 0 Å². The van der Waals surface area contributed by atoms with Crippen molar-refractivity contribution in [3.63, 3.8) is 0 Å². The number of aliphatic hydroxyl groups excluding tert-OH is 1. The van der Waals surface area contributed by atoms with Crippen molar-refractivity contribution >= 4 is 36.0 Å². The van der Waals surface area contributed by atoms with Gasteiger partial charge in [-0.3, -0.25) is 4.99 Å². The number of aliphatic imine (C=N–C) groups is 1. The summed E-state index contributed by atoms with van der Waals surface area (Å²) in [6.07, 6.45) is 6.72. The van der Waals surface area contributed by atoms with Crippen LogP contribution in [0.1, 0.15) is 38.2 Å². The van der Waals surface area contributed by atoms with Crippen LogP contribution < -0.4 is 5.32 Å². The van der Waals surface area contributed by atoms with Crippen molar-refractivity contribution in [2.24, 2.45) is 10.4 Å². The molecule has 0 radical (unpaired) electrons. The van der Waals surface area contributed by atoms with Crippen LogP contribution in [-0.4, -0.2) is 48.8 Å². The summed E-state index contributed by atoms with van der Waals surface area (Å²) in [5, 5.41) is 12.9. The topological polar surface area (TPSA) is 47.9 Å². The summed E-state index contributed by atoms with van der Waals surface area (Å²) in [6.45, 7) is 6.02. The molecule has 0 amide bonds. The van der Waals surface area contributed by atoms with E-state index in [-0.39, 0.29) is 36.0 Å². The van der Waals surface area contributed by atoms with Crippen LogP contribution in [-0.2, 0) is 0 Å². The van der Waals surface area contributed by atoms with E-state index in [1.54, 1.807) is 0 Å². The van der Waals surface area contributed by atoms with Gasteiger partial charge in [0.25, 0.3) is 0 Å². The molecule has 1 aromatic rings. The van der Waals surface area contributed by atoms with Crippen molar-refractivity contribution in [1.29, 1.82) is 0 Å². The summed E-state index contributed by atoms with van der Waals surface area (Å²) >= 11 is 0. The van der Waals surface area contributed by atoms with Crippen LogP contribution in [0.25, 0.3) is 6.08 Å². The second-order valence-electron chi connectivity index (χ2n) is 7.03. The second-order valence-corrected chi connectivity index (χ2v) is 7.03. The number of nitrogens with one attached hydrogen (secondary N) is 1. The minimum Gasteiger partial charge on any atom is -0.396 e. The Labute approximate surface area is 168 Å². The van der Waals surface area contributed by atoms with Gasteiger partial charge in [0, 0.05) is 25.0 Å². The third-order valence-electron chi connectivity index (χ3n) is 5.07. The molecule has 1 aliphatic carbocycles. The lowest BCUT2D eigenvalue weighted by Gasteiger charge is -2.31. The summed E-state index contributed by atoms with van der Waals surface area (Å²) < 4.78 is 0. The van der Waals surface area contributed by atoms with Crippen molar-refractivity contribution in [2.75, 3.05) is 32.8 Å². The Morgan fingerprint density at radius 2 is 1.92 bits per heavy atom. The molecule has 1 aliphatic heterocycles. The highest BCUT2D eigenvalue weighted by Crippen LogP contribution is 2.45. The van der Waals surface area contributed by atoms with Gasteiger partial charge in [-0.25, -0.2) is 0 Å². The average molecular weight is 455 g/mol. The van der Waals surface area contributed by atoms with Gasteiger partial charge < -0.3 is 15.3 Å². The molecule has 2 aliphatic rings. The molecule has 5 heteroatoms. The molecule has 3 rings (SSSR count). The lowest BCUT2D eigenvalue weighted by atomic mass is 10.0. The number of aliphatic hydroxyl groups is 1. The Morgan fingerprint density at radius 3 is 2.48 bits per heavy atom. The van der Waals surface area contributed by atoms with Gasteiger partial charge in [-0.2, -0.15) is 0 Å². The number of likely N-dealkylation sites (tertiary alicyclic amines) is 1. The van der Waals surface area contributed by atoms with E-state index in [0.29, 0.717) is 0 Å². The maximum atomic E-state index is 9.47. The van der Waals surface area contributed by atoms with Crippen molar-refractivity contribution in [3.05, 3.63) is 41.5 Å². The van der Waals surface area contributed by atoms with Crippen molar-refractivity contribution in [2.45, 2.75) is 32.6 Å². The molecule has 1 aromatic carbocycles. The van der Waals surface area contributed by atoms with Gasteiger partial charge in [0.05, 0.1) is 13.2 Å². The molecular formula is C20H30IN3O. The minimum absolute atomic E-state index is 0. The van der Waals surface area contributed by atoms with Gasteiger partial charge in [-0.1, -0.05) is 42.0 Å². The SMILES string of the molecule is CCNC(=NCC1(CO)CC1)N1CCC(=Cc2ccccc2)CC1.I. The number of benzene rings is 1. The number of nitrogens with zero attached hydrogens (tertiary/aromatic N) is 2. The predicted octanol–water partition coefficient (Wildman–Crippen LogP) is 3.52. The largest absolute Gasteiger partial charge is 0.396 e. The zero-order chi connectivity index (χ0) is 16.8. The van der Waals surface area contributed by atoms with E-state index in [0.717, 1.165) is 57.8 Å². The monoisotopic (exact) mass is 455 g/mol. The number of guanidine groups is 1. The molecule has 4 nitrogen and oxygen atoms in total. The predicted molar refractivity (Wildman–Crippen MR) is 115 cm³/mol. The number of piperidine rings is 1. The average Bonchev–Trinajstić information content (AvgIpc) is 3.41. The first kappa shape index (κ1) is 20.2. The van der Waals surface area contributed by atoms with Gasteiger partial charge >= 0.3 is 0 Å². The van der Waals surface area contributed by atoms with Crippen molar-refractivity contribution in [1.82, 2.24) is 10.2 Å². The lowest BCUT2D eigenvalue weighted by molar-refractivity contribution is 0.216. The van der Waals surface area contributed by atoms with Crippen LogP contribution in [0.2, 0.25) is 0 Å². The maximum absolute atomic E-state index is 9.47. The Bertz CT molecular complexity index is 586. The first-order valence-electron chi connectivity index (χ1n) is 9.13. The van der Waals surface area contributed by atoms with E-state index in [4.69, 9.17) is 4.99 Å². The van der Waals surface area contributed by atoms with Crippen LogP contribution in [0.5, 0.6) is 0 Å². The van der Waals surface area contributed by atoms with Crippen molar-refractivity contribution in [3.8, 4) is 0 Å². The van der Waals surface area contributed by atoms with E-state index in [1.807, 2.05) is 0 Å². The molecule has 0 unspecified atom stereocenters. The highest BCUT2D eigenvalue weighted by atomic mass is 127. The minimum atomic E-state index is 0. The van der Waals surface area contributed by atoms with E-state index >= 15 is 0 Å². The van der Waals surface area contributed by atoms with Crippen LogP contribution in [0.4, 0.5) is 0 Å². The highest BCUT2D eigenvalue weighted by molar-refractivity contribution is 14.0. The summed E-state index contributed by atoms with van der Waals surface area (Å²) in [6, 6.07) is 10.6. The number of hydrogen-bond donors (Lipinski definition) is 2. The fourth-order valence-corrected chi connectivity index (χ4v) is 3.15. The third kappa shape index (κ3) is 5.71. The Hall–Kier alpha value is -1.08. The summed E-state index contributed by atoms with van der Waals surface area (Å²) in [4.78, 5) is 7.16. The molecule has 0 bridgehead atoms. The van der Waals surface area contributed by atoms with Crippen LogP contribution in [0, 0.1) is 5.41 Å². The Kier molecular flexibility index (Phi) is 7.75. The normalized spacial score (nSPS) is 19.2. The molecule has 25 heavy (non-hydrogen) atoms. The van der Waals surface area contributed by atoms with Crippen LogP contribution >= 0.6 is 24.0 Å². The quantitative estimate of drug-likeness (QED) is 0.406. The molecule has 0 aromatic heterocycles. The first-order valence-corrected chi connectivity index (χ1v) is 9.13. The maximum Gasteiger partial charge on any atom is 0.193 e. The van der Waals surface area contributed by atoms with E-state index in [9.17, 15) is 5.11 Å². The fraction of sp³-hybridized carbons (Fsp3) is 0.550. The second kappa shape index (κ2) is 9.57. The number of rotatable bonds is 5. The highest BCUT2D eigenvalue weighted by Gasteiger charge is 2.42. The molecule has 2 fully saturated rings. The van der Waals surface area contributed by atoms with Gasteiger partial charge in [-0.15, -0.1) is 24.0 Å². The lowest BCUT2D eigenvalue weighted by Crippen LogP contribution is -2.44. The van der Waals surface area contributed by atoms with E-state index in [2.05, 4.69) is 53.5 Å². The first-order chi connectivity index (χ1) is 11.7. The Morgan fingerprint density at radius 1 is 1.24 bits per heavy atom. The molecule has 1 saturated carbocycles. The fourth-order valence-electron chi connectivity index (χ4n) is 3.15. The molecule has 2 N–H and O–H groups in total. The zero-order valence-corrected chi connectivity index (χ0v) is 17.4. The smallest absolute Gasteiger partial charge is 0.193 e. The molecule has 1 heterocycles. The Balaban J connectivity index is 0.00000225. The van der Waals surface area contributed by atoms with Gasteiger partial charge in [0.1, 0.15) is 0 Å². The summed E-state index contributed by atoms with van der Waals surface area (Å²) in [5.74, 6) is 1.01. The van der Waals surface area contributed by atoms with Crippen molar-refractivity contribution < 1.29 is 5.11 Å². The van der Waals surface area contributed by atoms with E-state index < -0.39 is 0 Å². The standard InChI is InChI=1S/C20H29N3O.HI/c1-2-21-19(22-15-20(16-24)10-11-20)23-12-8-18(9-13-23)14-17-6-4-3-5-7-17;/h3-7,14,24H,2,8-13,15-16H2,1H3,(H,21,22);1H. The van der Waals surface area contributed by atoms with Gasteiger partial charge in [-0.05, 0) is 38.2 Å². The number of halogens is 1. The zero-order valence-electron chi connectivity index (χ0n) is 15.1. The van der Waals surface area contributed by atoms with Gasteiger partial charge in [0.2, 0.25) is 0 Å². The third-order valence-corrected chi connectivity index (χ3v) is 5.07. The van der Waals surface area contributed by atoms with E-state index in [1.165, 1.54) is 11.1 Å². The molecule has 1 saturated heterocycles. The van der Waals surface area contributed by atoms with Gasteiger partial charge in [0.15, 0.2) is 5.96 Å². The molecule has 138 valence electrons. The summed E-state index contributed by atoms with van der Waals surface area (Å²) in [5.41, 5.74) is 2.89. The number of hydrogen-bond acceptors (Lipinski definition) is 2. The van der Waals surface area contributed by atoms with Crippen LogP contribution in [0.15, 0.2) is 40.9 Å². The molecule has 0 spiro atoms. The molecular weight excluding hydrogens is 425 g/mol. The molecule has 0 atom stereocenters. The summed E-state index contributed by atoms with van der Waals surface area (Å²) in [7, 11) is 0.